The molecule has 1 aliphatic heterocycles. The van der Waals surface area contributed by atoms with Crippen molar-refractivity contribution < 1.29 is 0 Å². The Morgan fingerprint density at radius 2 is 1.88 bits per heavy atom. The summed E-state index contributed by atoms with van der Waals surface area (Å²) in [5.74, 6) is 0.696. The van der Waals surface area contributed by atoms with E-state index in [-0.39, 0.29) is 5.56 Å². The molecule has 0 saturated heterocycles. The Labute approximate surface area is 138 Å². The summed E-state index contributed by atoms with van der Waals surface area (Å²) in [5, 5.41) is 5.69. The predicted molar refractivity (Wildman–Crippen MR) is 95.5 cm³/mol. The SMILES string of the molecule is O=c1[nH][nH]c(CCc2ccccc2)c1C=C1C=Nc2ncccc21. The molecule has 0 atom stereocenters. The van der Waals surface area contributed by atoms with Crippen LogP contribution in [0.1, 0.15) is 22.4 Å². The Morgan fingerprint density at radius 1 is 1.00 bits per heavy atom. The van der Waals surface area contributed by atoms with Gasteiger partial charge < -0.3 is 5.10 Å². The van der Waals surface area contributed by atoms with Crippen LogP contribution in [0.15, 0.2) is 58.4 Å². The molecule has 0 aliphatic carbocycles. The summed E-state index contributed by atoms with van der Waals surface area (Å²) in [5.41, 5.74) is 4.55. The molecule has 0 saturated carbocycles. The van der Waals surface area contributed by atoms with Gasteiger partial charge in [-0.2, -0.15) is 0 Å². The van der Waals surface area contributed by atoms with Crippen molar-refractivity contribution in [3.05, 3.63) is 81.4 Å². The minimum absolute atomic E-state index is 0.115. The maximum Gasteiger partial charge on any atom is 0.271 e. The van der Waals surface area contributed by atoms with Crippen LogP contribution in [0.25, 0.3) is 11.6 Å². The van der Waals surface area contributed by atoms with E-state index < -0.39 is 0 Å². The van der Waals surface area contributed by atoms with Crippen LogP contribution in [0.2, 0.25) is 0 Å². The number of nitrogens with one attached hydrogen (secondary N) is 2. The number of hydrogen-bond donors (Lipinski definition) is 2. The van der Waals surface area contributed by atoms with Crippen molar-refractivity contribution in [3.63, 3.8) is 0 Å². The topological polar surface area (TPSA) is 73.9 Å². The minimum Gasteiger partial charge on any atom is -0.302 e. The molecule has 118 valence electrons. The monoisotopic (exact) mass is 316 g/mol. The third-order valence-corrected chi connectivity index (χ3v) is 4.13. The lowest BCUT2D eigenvalue weighted by Crippen LogP contribution is -2.03. The summed E-state index contributed by atoms with van der Waals surface area (Å²) in [6.07, 6.45) is 6.99. The fourth-order valence-corrected chi connectivity index (χ4v) is 2.86. The van der Waals surface area contributed by atoms with E-state index in [1.54, 1.807) is 12.4 Å². The van der Waals surface area contributed by atoms with Gasteiger partial charge in [-0.3, -0.25) is 9.89 Å². The molecular formula is C19H16N4O. The van der Waals surface area contributed by atoms with Crippen LogP contribution >= 0.6 is 0 Å². The van der Waals surface area contributed by atoms with E-state index in [2.05, 4.69) is 32.3 Å². The van der Waals surface area contributed by atoms with Crippen LogP contribution in [-0.4, -0.2) is 21.4 Å². The van der Waals surface area contributed by atoms with E-state index in [0.717, 1.165) is 29.7 Å². The average molecular weight is 316 g/mol. The van der Waals surface area contributed by atoms with Gasteiger partial charge in [0, 0.05) is 29.2 Å². The fraction of sp³-hybridized carbons (Fsp3) is 0.105. The number of aliphatic imine (C=N–C) groups is 1. The summed E-state index contributed by atoms with van der Waals surface area (Å²) in [6.45, 7) is 0. The summed E-state index contributed by atoms with van der Waals surface area (Å²) in [6, 6.07) is 14.1. The number of rotatable bonds is 4. The maximum atomic E-state index is 12.2. The predicted octanol–water partition coefficient (Wildman–Crippen LogP) is 3.14. The highest BCUT2D eigenvalue weighted by Crippen LogP contribution is 2.30. The highest BCUT2D eigenvalue weighted by molar-refractivity contribution is 6.20. The Kier molecular flexibility index (Phi) is 3.67. The molecule has 5 heteroatoms. The number of allylic oxidation sites excluding steroid dienone is 1. The molecular weight excluding hydrogens is 300 g/mol. The van der Waals surface area contributed by atoms with Crippen molar-refractivity contribution in [2.45, 2.75) is 12.8 Å². The van der Waals surface area contributed by atoms with E-state index >= 15 is 0 Å². The number of aromatic nitrogens is 3. The van der Waals surface area contributed by atoms with Crippen LogP contribution < -0.4 is 5.56 Å². The van der Waals surface area contributed by atoms with E-state index in [1.165, 1.54) is 5.56 Å². The zero-order chi connectivity index (χ0) is 16.4. The normalized spacial score (nSPS) is 14.2. The second-order valence-corrected chi connectivity index (χ2v) is 5.69. The zero-order valence-electron chi connectivity index (χ0n) is 13.0. The van der Waals surface area contributed by atoms with Crippen molar-refractivity contribution >= 4 is 23.7 Å². The molecule has 1 aromatic carbocycles. The molecule has 3 aromatic rings. The van der Waals surface area contributed by atoms with E-state index in [4.69, 9.17) is 0 Å². The molecule has 0 unspecified atom stereocenters. The molecule has 3 heterocycles. The zero-order valence-corrected chi connectivity index (χ0v) is 13.0. The van der Waals surface area contributed by atoms with Crippen LogP contribution in [0.4, 0.5) is 5.82 Å². The van der Waals surface area contributed by atoms with Gasteiger partial charge in [-0.05, 0) is 36.6 Å². The molecule has 2 aromatic heterocycles. The Bertz CT molecular complexity index is 980. The Morgan fingerprint density at radius 3 is 2.75 bits per heavy atom. The first kappa shape index (κ1) is 14.4. The van der Waals surface area contributed by atoms with Crippen LogP contribution in [-0.2, 0) is 12.8 Å². The molecule has 4 rings (SSSR count). The summed E-state index contributed by atoms with van der Waals surface area (Å²) < 4.78 is 0. The Hall–Kier alpha value is -3.21. The smallest absolute Gasteiger partial charge is 0.271 e. The Balaban J connectivity index is 1.63. The van der Waals surface area contributed by atoms with E-state index in [0.29, 0.717) is 11.4 Å². The molecule has 0 amide bonds. The lowest BCUT2D eigenvalue weighted by atomic mass is 10.0. The number of benzene rings is 1. The first-order valence-corrected chi connectivity index (χ1v) is 7.86. The molecule has 0 bridgehead atoms. The second kappa shape index (κ2) is 6.12. The van der Waals surface area contributed by atoms with Gasteiger partial charge in [0.15, 0.2) is 5.82 Å². The largest absolute Gasteiger partial charge is 0.302 e. The maximum absolute atomic E-state index is 12.2. The number of hydrogen-bond acceptors (Lipinski definition) is 3. The molecule has 24 heavy (non-hydrogen) atoms. The number of aromatic amines is 2. The van der Waals surface area contributed by atoms with Gasteiger partial charge >= 0.3 is 0 Å². The van der Waals surface area contributed by atoms with Crippen LogP contribution in [0, 0.1) is 0 Å². The minimum atomic E-state index is -0.115. The van der Waals surface area contributed by atoms with Gasteiger partial charge in [-0.25, -0.2) is 9.98 Å². The van der Waals surface area contributed by atoms with Crippen LogP contribution in [0.5, 0.6) is 0 Å². The molecule has 5 nitrogen and oxygen atoms in total. The van der Waals surface area contributed by atoms with Gasteiger partial charge in [0.2, 0.25) is 0 Å². The first-order chi connectivity index (χ1) is 11.8. The molecule has 0 fully saturated rings. The molecule has 0 spiro atoms. The number of pyridine rings is 1. The second-order valence-electron chi connectivity index (χ2n) is 5.69. The molecule has 1 aliphatic rings. The molecule has 2 N–H and O–H groups in total. The summed E-state index contributed by atoms with van der Waals surface area (Å²) in [7, 11) is 0. The highest BCUT2D eigenvalue weighted by atomic mass is 16.1. The lowest BCUT2D eigenvalue weighted by molar-refractivity contribution is 0.889. The highest BCUT2D eigenvalue weighted by Gasteiger charge is 2.15. The van der Waals surface area contributed by atoms with Gasteiger partial charge in [0.05, 0.1) is 5.56 Å². The standard InChI is InChI=1S/C19H16N4O/c24-19-16(11-14-12-21-18-15(14)7-4-10-20-18)17(22-23-19)9-8-13-5-2-1-3-6-13/h1-7,10-12H,8-9H2,(H2,22,23,24). The average Bonchev–Trinajstić information content (AvgIpc) is 3.19. The third kappa shape index (κ3) is 2.72. The number of aryl methyl sites for hydroxylation is 2. The van der Waals surface area contributed by atoms with Gasteiger partial charge in [0.25, 0.3) is 5.56 Å². The third-order valence-electron chi connectivity index (χ3n) is 4.13. The summed E-state index contributed by atoms with van der Waals surface area (Å²) >= 11 is 0. The van der Waals surface area contributed by atoms with E-state index in [9.17, 15) is 4.79 Å². The van der Waals surface area contributed by atoms with Gasteiger partial charge in [-0.15, -0.1) is 0 Å². The number of nitrogens with zero attached hydrogens (tertiary/aromatic N) is 2. The first-order valence-electron chi connectivity index (χ1n) is 7.86. The summed E-state index contributed by atoms with van der Waals surface area (Å²) in [4.78, 5) is 20.7. The van der Waals surface area contributed by atoms with Crippen molar-refractivity contribution in [3.8, 4) is 0 Å². The van der Waals surface area contributed by atoms with Crippen molar-refractivity contribution in [2.24, 2.45) is 4.99 Å². The quantitative estimate of drug-likeness (QED) is 0.776. The fourth-order valence-electron chi connectivity index (χ4n) is 2.86. The van der Waals surface area contributed by atoms with E-state index in [1.807, 2.05) is 36.4 Å². The van der Waals surface area contributed by atoms with Gasteiger partial charge in [-0.1, -0.05) is 30.3 Å². The van der Waals surface area contributed by atoms with Gasteiger partial charge in [0.1, 0.15) is 0 Å². The van der Waals surface area contributed by atoms with Crippen LogP contribution in [0.3, 0.4) is 0 Å². The lowest BCUT2D eigenvalue weighted by Gasteiger charge is -2.02. The van der Waals surface area contributed by atoms with Crippen molar-refractivity contribution in [1.29, 1.82) is 0 Å². The molecule has 0 radical (unpaired) electrons. The van der Waals surface area contributed by atoms with Crippen molar-refractivity contribution in [2.75, 3.05) is 0 Å². The number of fused-ring (bicyclic) bond motifs is 1. The van der Waals surface area contributed by atoms with Crippen molar-refractivity contribution in [1.82, 2.24) is 15.2 Å². The number of H-pyrrole nitrogens is 2.